The predicted molar refractivity (Wildman–Crippen MR) is 73.8 cm³/mol. The Balaban J connectivity index is 2.06. The second kappa shape index (κ2) is 6.69. The van der Waals surface area contributed by atoms with Crippen molar-refractivity contribution in [3.05, 3.63) is 29.8 Å². The Morgan fingerprint density at radius 3 is 2.30 bits per heavy atom. The lowest BCUT2D eigenvalue weighted by atomic mass is 10.1. The Morgan fingerprint density at radius 1 is 1.20 bits per heavy atom. The van der Waals surface area contributed by atoms with Gasteiger partial charge in [0.2, 0.25) is 0 Å². The third-order valence-corrected chi connectivity index (χ3v) is 4.15. The van der Waals surface area contributed by atoms with Gasteiger partial charge in [0.05, 0.1) is 0 Å². The van der Waals surface area contributed by atoms with Crippen LogP contribution in [-0.2, 0) is 0 Å². The molecule has 20 heavy (non-hydrogen) atoms. The number of hydrogen-bond donors (Lipinski definition) is 1. The van der Waals surface area contributed by atoms with Crippen LogP contribution in [0, 0.1) is 0 Å². The molecule has 0 aliphatic carbocycles. The summed E-state index contributed by atoms with van der Waals surface area (Å²) in [5.74, 6) is 1.92. The zero-order valence-corrected chi connectivity index (χ0v) is 11.7. The smallest absolute Gasteiger partial charge is 0.406 e. The average Bonchev–Trinajstić information content (AvgIpc) is 2.41. The van der Waals surface area contributed by atoms with Gasteiger partial charge in [0.1, 0.15) is 5.75 Å². The average molecular weight is 306 g/mol. The number of rotatable bonds is 4. The summed E-state index contributed by atoms with van der Waals surface area (Å²) in [5, 5.41) is 0. The zero-order valence-electron chi connectivity index (χ0n) is 10.9. The van der Waals surface area contributed by atoms with E-state index in [2.05, 4.69) is 9.64 Å². The van der Waals surface area contributed by atoms with E-state index in [4.69, 9.17) is 5.73 Å². The highest BCUT2D eigenvalue weighted by atomic mass is 32.2. The van der Waals surface area contributed by atoms with Gasteiger partial charge >= 0.3 is 6.36 Å². The standard InChI is InChI=1S/C13H17F3N2OS/c14-13(15,16)19-11-3-1-10(2-4-11)12(9-17)18-5-7-20-8-6-18/h1-4,12H,5-9,17H2. The van der Waals surface area contributed by atoms with Crippen LogP contribution in [0.15, 0.2) is 24.3 Å². The molecule has 2 rings (SSSR count). The monoisotopic (exact) mass is 306 g/mol. The SMILES string of the molecule is NCC(c1ccc(OC(F)(F)F)cc1)N1CCSCC1. The molecule has 0 amide bonds. The molecule has 2 N–H and O–H groups in total. The number of nitrogens with zero attached hydrogens (tertiary/aromatic N) is 1. The summed E-state index contributed by atoms with van der Waals surface area (Å²) in [5.41, 5.74) is 6.74. The Labute approximate surface area is 120 Å². The summed E-state index contributed by atoms with van der Waals surface area (Å²) < 4.78 is 40.2. The first kappa shape index (κ1) is 15.5. The van der Waals surface area contributed by atoms with Crippen molar-refractivity contribution in [2.75, 3.05) is 31.1 Å². The fraction of sp³-hybridized carbons (Fsp3) is 0.538. The van der Waals surface area contributed by atoms with Gasteiger partial charge in [-0.3, -0.25) is 4.90 Å². The topological polar surface area (TPSA) is 38.5 Å². The fourth-order valence-corrected chi connectivity index (χ4v) is 3.21. The van der Waals surface area contributed by atoms with Crippen LogP contribution in [-0.4, -0.2) is 42.4 Å². The molecule has 1 aromatic rings. The van der Waals surface area contributed by atoms with Crippen LogP contribution in [0.4, 0.5) is 13.2 Å². The van der Waals surface area contributed by atoms with Crippen molar-refractivity contribution in [3.63, 3.8) is 0 Å². The summed E-state index contributed by atoms with van der Waals surface area (Å²) in [6.07, 6.45) is -4.65. The molecule has 7 heteroatoms. The van der Waals surface area contributed by atoms with Gasteiger partial charge in [0.15, 0.2) is 0 Å². The van der Waals surface area contributed by atoms with Gasteiger partial charge in [-0.1, -0.05) is 12.1 Å². The van der Waals surface area contributed by atoms with Crippen LogP contribution in [0.5, 0.6) is 5.75 Å². The van der Waals surface area contributed by atoms with E-state index >= 15 is 0 Å². The van der Waals surface area contributed by atoms with Gasteiger partial charge in [-0.25, -0.2) is 0 Å². The van der Waals surface area contributed by atoms with E-state index in [-0.39, 0.29) is 11.8 Å². The molecule has 112 valence electrons. The van der Waals surface area contributed by atoms with Gasteiger partial charge in [-0.2, -0.15) is 11.8 Å². The van der Waals surface area contributed by atoms with E-state index < -0.39 is 6.36 Å². The first-order valence-electron chi connectivity index (χ1n) is 6.37. The minimum Gasteiger partial charge on any atom is -0.406 e. The van der Waals surface area contributed by atoms with E-state index in [1.54, 1.807) is 12.1 Å². The normalized spacial score (nSPS) is 18.8. The molecule has 1 aliphatic heterocycles. The van der Waals surface area contributed by atoms with Gasteiger partial charge < -0.3 is 10.5 Å². The zero-order chi connectivity index (χ0) is 14.6. The van der Waals surface area contributed by atoms with Crippen molar-refractivity contribution < 1.29 is 17.9 Å². The number of hydrogen-bond acceptors (Lipinski definition) is 4. The van der Waals surface area contributed by atoms with E-state index in [1.165, 1.54) is 12.1 Å². The van der Waals surface area contributed by atoms with Crippen molar-refractivity contribution in [1.29, 1.82) is 0 Å². The van der Waals surface area contributed by atoms with E-state index in [1.807, 2.05) is 11.8 Å². The molecule has 0 radical (unpaired) electrons. The minimum absolute atomic E-state index is 0.0517. The highest BCUT2D eigenvalue weighted by Gasteiger charge is 2.31. The van der Waals surface area contributed by atoms with Crippen molar-refractivity contribution in [2.45, 2.75) is 12.4 Å². The molecule has 1 unspecified atom stereocenters. The Kier molecular flexibility index (Phi) is 5.17. The number of ether oxygens (including phenoxy) is 1. The molecule has 1 atom stereocenters. The predicted octanol–water partition coefficient (Wildman–Crippen LogP) is 2.63. The third kappa shape index (κ3) is 4.29. The Morgan fingerprint density at radius 2 is 1.80 bits per heavy atom. The third-order valence-electron chi connectivity index (χ3n) is 3.21. The second-order valence-corrected chi connectivity index (χ2v) is 5.74. The Hall–Kier alpha value is -0.920. The lowest BCUT2D eigenvalue weighted by Crippen LogP contribution is -2.39. The maximum atomic E-state index is 12.1. The molecule has 0 spiro atoms. The molecular weight excluding hydrogens is 289 g/mol. The summed E-state index contributed by atoms with van der Waals surface area (Å²) in [6, 6.07) is 6.03. The second-order valence-electron chi connectivity index (χ2n) is 4.52. The summed E-state index contributed by atoms with van der Waals surface area (Å²) in [6.45, 7) is 2.35. The van der Waals surface area contributed by atoms with E-state index in [9.17, 15) is 13.2 Å². The Bertz CT molecular complexity index is 419. The molecule has 1 aromatic carbocycles. The minimum atomic E-state index is -4.65. The number of halogens is 3. The summed E-state index contributed by atoms with van der Waals surface area (Å²) >= 11 is 1.90. The van der Waals surface area contributed by atoms with Crippen LogP contribution in [0.3, 0.4) is 0 Å². The van der Waals surface area contributed by atoms with Crippen molar-refractivity contribution in [1.82, 2.24) is 4.90 Å². The first-order chi connectivity index (χ1) is 9.49. The highest BCUT2D eigenvalue weighted by Crippen LogP contribution is 2.27. The maximum Gasteiger partial charge on any atom is 0.573 e. The number of thioether (sulfide) groups is 1. The summed E-state index contributed by atoms with van der Waals surface area (Å²) in [7, 11) is 0. The van der Waals surface area contributed by atoms with Crippen molar-refractivity contribution in [2.24, 2.45) is 5.73 Å². The molecule has 0 aromatic heterocycles. The molecule has 0 saturated carbocycles. The lowest BCUT2D eigenvalue weighted by Gasteiger charge is -2.34. The fourth-order valence-electron chi connectivity index (χ4n) is 2.28. The van der Waals surface area contributed by atoms with Gasteiger partial charge in [0, 0.05) is 37.2 Å². The molecule has 3 nitrogen and oxygen atoms in total. The molecule has 0 bridgehead atoms. The molecule has 1 aliphatic rings. The van der Waals surface area contributed by atoms with E-state index in [0.717, 1.165) is 30.2 Å². The molecule has 1 fully saturated rings. The van der Waals surface area contributed by atoms with Crippen LogP contribution in [0.1, 0.15) is 11.6 Å². The highest BCUT2D eigenvalue weighted by molar-refractivity contribution is 7.99. The number of alkyl halides is 3. The van der Waals surface area contributed by atoms with Crippen molar-refractivity contribution >= 4 is 11.8 Å². The number of benzene rings is 1. The van der Waals surface area contributed by atoms with Crippen LogP contribution >= 0.6 is 11.8 Å². The maximum absolute atomic E-state index is 12.1. The number of nitrogens with two attached hydrogens (primary N) is 1. The quantitative estimate of drug-likeness (QED) is 0.928. The van der Waals surface area contributed by atoms with Crippen LogP contribution in [0.2, 0.25) is 0 Å². The molecular formula is C13H17F3N2OS. The summed E-state index contributed by atoms with van der Waals surface area (Å²) in [4.78, 5) is 2.27. The molecule has 1 heterocycles. The van der Waals surface area contributed by atoms with E-state index in [0.29, 0.717) is 6.54 Å². The van der Waals surface area contributed by atoms with Crippen molar-refractivity contribution in [3.8, 4) is 5.75 Å². The largest absolute Gasteiger partial charge is 0.573 e. The van der Waals surface area contributed by atoms with Gasteiger partial charge in [-0.05, 0) is 17.7 Å². The van der Waals surface area contributed by atoms with Gasteiger partial charge in [0.25, 0.3) is 0 Å². The molecule has 1 saturated heterocycles. The first-order valence-corrected chi connectivity index (χ1v) is 7.52. The van der Waals surface area contributed by atoms with Crippen LogP contribution < -0.4 is 10.5 Å². The van der Waals surface area contributed by atoms with Crippen LogP contribution in [0.25, 0.3) is 0 Å². The van der Waals surface area contributed by atoms with Gasteiger partial charge in [-0.15, -0.1) is 13.2 Å². The lowest BCUT2D eigenvalue weighted by molar-refractivity contribution is -0.274.